The van der Waals surface area contributed by atoms with E-state index in [9.17, 15) is 8.42 Å². The van der Waals surface area contributed by atoms with Crippen LogP contribution in [0.5, 0.6) is 0 Å². The van der Waals surface area contributed by atoms with Crippen molar-refractivity contribution < 1.29 is 45.8 Å². The Bertz CT molecular complexity index is 591. The van der Waals surface area contributed by atoms with Crippen LogP contribution < -0.4 is 5.14 Å². The summed E-state index contributed by atoms with van der Waals surface area (Å²) in [6, 6.07) is 0. The van der Waals surface area contributed by atoms with Gasteiger partial charge in [0.05, 0.1) is 6.61 Å². The molecule has 0 spiro atoms. The molecule has 4 atom stereocenters. The normalized spacial score (nSPS) is 40.3. The molecule has 0 aromatic heterocycles. The standard InChI is InChI=1S/C12H21NO10S/c1-10(2)22-9-8-7(20-12(16-3,17-4)21-8)5-18-11(9,23-10)6-19-24(13,14)15/h7-9H,5-6H2,1-4H3,(H2,13,14,15)/t7-,8-,9+,11+/m1/s1. The summed E-state index contributed by atoms with van der Waals surface area (Å²) in [6.45, 7) is 2.82. The number of hydrogen-bond donors (Lipinski definition) is 1. The second kappa shape index (κ2) is 5.81. The molecule has 0 amide bonds. The van der Waals surface area contributed by atoms with Crippen molar-refractivity contribution in [1.82, 2.24) is 0 Å². The van der Waals surface area contributed by atoms with Crippen LogP contribution in [0.25, 0.3) is 0 Å². The number of methoxy groups -OCH3 is 2. The lowest BCUT2D eigenvalue weighted by molar-refractivity contribution is -0.457. The van der Waals surface area contributed by atoms with Gasteiger partial charge in [-0.1, -0.05) is 0 Å². The minimum Gasteiger partial charge on any atom is -0.343 e. The predicted molar refractivity (Wildman–Crippen MR) is 74.3 cm³/mol. The van der Waals surface area contributed by atoms with Gasteiger partial charge in [0.2, 0.25) is 5.79 Å². The second-order valence-corrected chi connectivity index (χ2v) is 7.29. The van der Waals surface area contributed by atoms with Crippen molar-refractivity contribution in [1.29, 1.82) is 0 Å². The molecule has 0 aromatic rings. The molecule has 0 radical (unpaired) electrons. The van der Waals surface area contributed by atoms with Crippen molar-refractivity contribution in [3.05, 3.63) is 0 Å². The number of nitrogens with two attached hydrogens (primary N) is 1. The summed E-state index contributed by atoms with van der Waals surface area (Å²) < 4.78 is 65.9. The second-order valence-electron chi connectivity index (χ2n) is 6.07. The Hall–Kier alpha value is -0.410. The SMILES string of the molecule is COC1(OC)O[C@@H]2[C@@H](CO[C@@]3(COS(N)(=O)=O)OC(C)(C)O[C@@H]23)O1. The van der Waals surface area contributed by atoms with Crippen LogP contribution in [-0.2, 0) is 47.6 Å². The van der Waals surface area contributed by atoms with E-state index in [4.69, 9.17) is 38.3 Å². The molecule has 11 nitrogen and oxygen atoms in total. The van der Waals surface area contributed by atoms with Gasteiger partial charge in [0.25, 0.3) is 0 Å². The Balaban J connectivity index is 1.87. The Kier molecular flexibility index (Phi) is 4.45. The first kappa shape index (κ1) is 18.4. The van der Waals surface area contributed by atoms with E-state index >= 15 is 0 Å². The van der Waals surface area contributed by atoms with Crippen molar-refractivity contribution in [3.8, 4) is 0 Å². The van der Waals surface area contributed by atoms with E-state index in [1.165, 1.54) is 14.2 Å². The average molecular weight is 371 g/mol. The highest BCUT2D eigenvalue weighted by Gasteiger charge is 2.67. The van der Waals surface area contributed by atoms with Gasteiger partial charge in [0.1, 0.15) is 24.9 Å². The summed E-state index contributed by atoms with van der Waals surface area (Å²) in [4.78, 5) is 0. The third-order valence-corrected chi connectivity index (χ3v) is 4.37. The van der Waals surface area contributed by atoms with Gasteiger partial charge in [-0.2, -0.15) is 8.42 Å². The van der Waals surface area contributed by atoms with Crippen LogP contribution in [0.2, 0.25) is 0 Å². The lowest BCUT2D eigenvalue weighted by Crippen LogP contribution is -2.60. The molecule has 140 valence electrons. The van der Waals surface area contributed by atoms with E-state index in [1.54, 1.807) is 13.8 Å². The van der Waals surface area contributed by atoms with Crippen LogP contribution in [0.3, 0.4) is 0 Å². The number of ether oxygens (including phenoxy) is 7. The first-order valence-electron chi connectivity index (χ1n) is 7.19. The van der Waals surface area contributed by atoms with Crippen LogP contribution in [0.4, 0.5) is 0 Å². The minimum absolute atomic E-state index is 0.0169. The van der Waals surface area contributed by atoms with Gasteiger partial charge in [-0.15, -0.1) is 0 Å². The molecule has 3 rings (SSSR count). The molecule has 3 fully saturated rings. The molecule has 3 saturated heterocycles. The Morgan fingerprint density at radius 3 is 2.42 bits per heavy atom. The van der Waals surface area contributed by atoms with Gasteiger partial charge in [-0.25, -0.2) is 5.14 Å². The average Bonchev–Trinajstić information content (AvgIpc) is 2.99. The smallest absolute Gasteiger partial charge is 0.343 e. The van der Waals surface area contributed by atoms with Crippen LogP contribution in [0, 0.1) is 0 Å². The van der Waals surface area contributed by atoms with E-state index in [0.29, 0.717) is 0 Å². The molecule has 0 aliphatic carbocycles. The van der Waals surface area contributed by atoms with Crippen LogP contribution in [0.1, 0.15) is 13.8 Å². The lowest BCUT2D eigenvalue weighted by Gasteiger charge is -2.39. The van der Waals surface area contributed by atoms with Crippen LogP contribution in [-0.4, -0.2) is 71.9 Å². The molecule has 3 aliphatic rings. The minimum atomic E-state index is -4.20. The Morgan fingerprint density at radius 2 is 1.83 bits per heavy atom. The van der Waals surface area contributed by atoms with E-state index in [-0.39, 0.29) is 6.61 Å². The Labute approximate surface area is 139 Å². The highest BCUT2D eigenvalue weighted by atomic mass is 32.2. The Morgan fingerprint density at radius 1 is 1.17 bits per heavy atom. The zero-order valence-corrected chi connectivity index (χ0v) is 14.5. The van der Waals surface area contributed by atoms with Gasteiger partial charge in [0, 0.05) is 14.2 Å². The monoisotopic (exact) mass is 371 g/mol. The highest BCUT2D eigenvalue weighted by Crippen LogP contribution is 2.47. The predicted octanol–water partition coefficient (Wildman–Crippen LogP) is -1.23. The van der Waals surface area contributed by atoms with Gasteiger partial charge >= 0.3 is 16.5 Å². The van der Waals surface area contributed by atoms with Crippen molar-refractivity contribution in [2.75, 3.05) is 27.4 Å². The molecule has 0 bridgehead atoms. The van der Waals surface area contributed by atoms with E-state index < -0.39 is 53.0 Å². The van der Waals surface area contributed by atoms with E-state index in [2.05, 4.69) is 4.18 Å². The van der Waals surface area contributed by atoms with Crippen molar-refractivity contribution in [2.45, 2.75) is 49.9 Å². The zero-order valence-electron chi connectivity index (χ0n) is 13.7. The number of rotatable bonds is 5. The fourth-order valence-corrected chi connectivity index (χ4v) is 3.38. The number of hydrogen-bond acceptors (Lipinski definition) is 10. The van der Waals surface area contributed by atoms with Crippen LogP contribution in [0.15, 0.2) is 0 Å². The molecule has 3 heterocycles. The maximum Gasteiger partial charge on any atom is 0.413 e. The van der Waals surface area contributed by atoms with Crippen molar-refractivity contribution >= 4 is 10.3 Å². The van der Waals surface area contributed by atoms with Crippen LogP contribution >= 0.6 is 0 Å². The quantitative estimate of drug-likeness (QED) is 0.586. The van der Waals surface area contributed by atoms with Gasteiger partial charge in [-0.05, 0) is 13.8 Å². The van der Waals surface area contributed by atoms with Crippen molar-refractivity contribution in [3.63, 3.8) is 0 Å². The zero-order chi connectivity index (χ0) is 17.8. The maximum atomic E-state index is 11.2. The lowest BCUT2D eigenvalue weighted by atomic mass is 9.98. The fraction of sp³-hybridized carbons (Fsp3) is 1.00. The third-order valence-electron chi connectivity index (χ3n) is 3.92. The molecule has 0 saturated carbocycles. The first-order valence-corrected chi connectivity index (χ1v) is 8.66. The summed E-state index contributed by atoms with van der Waals surface area (Å²) in [5.41, 5.74) is 0. The molecular formula is C12H21NO10S. The third kappa shape index (κ3) is 3.19. The molecule has 0 aromatic carbocycles. The summed E-state index contributed by atoms with van der Waals surface area (Å²) in [7, 11) is -1.48. The first-order chi connectivity index (χ1) is 11.0. The molecule has 2 N–H and O–H groups in total. The van der Waals surface area contributed by atoms with Gasteiger partial charge in [-0.3, -0.25) is 13.7 Å². The largest absolute Gasteiger partial charge is 0.413 e. The summed E-state index contributed by atoms with van der Waals surface area (Å²) in [5, 5.41) is 4.89. The molecular weight excluding hydrogens is 350 g/mol. The topological polar surface area (TPSA) is 134 Å². The molecule has 24 heavy (non-hydrogen) atoms. The van der Waals surface area contributed by atoms with E-state index in [0.717, 1.165) is 0 Å². The fourth-order valence-electron chi connectivity index (χ4n) is 3.05. The van der Waals surface area contributed by atoms with E-state index in [1.807, 2.05) is 0 Å². The molecule has 0 unspecified atom stereocenters. The highest BCUT2D eigenvalue weighted by molar-refractivity contribution is 7.84. The van der Waals surface area contributed by atoms with Gasteiger partial charge < -0.3 is 23.7 Å². The molecule has 3 aliphatic heterocycles. The summed E-state index contributed by atoms with van der Waals surface area (Å²) in [5.74, 6) is -2.60. The molecule has 12 heteroatoms. The summed E-state index contributed by atoms with van der Waals surface area (Å²) in [6.07, 6.45) is -3.84. The van der Waals surface area contributed by atoms with Crippen molar-refractivity contribution in [2.24, 2.45) is 5.14 Å². The number of fused-ring (bicyclic) bond motifs is 3. The summed E-state index contributed by atoms with van der Waals surface area (Å²) >= 11 is 0. The maximum absolute atomic E-state index is 11.2. The van der Waals surface area contributed by atoms with Gasteiger partial charge in [0.15, 0.2) is 5.79 Å².